The number of hydrogen-bond donors (Lipinski definition) is 2. The van der Waals surface area contributed by atoms with E-state index in [1.807, 2.05) is 20.0 Å². The van der Waals surface area contributed by atoms with Crippen molar-refractivity contribution in [2.45, 2.75) is 19.8 Å². The molecule has 0 atom stereocenters. The predicted octanol–water partition coefficient (Wildman–Crippen LogP) is 1.67. The summed E-state index contributed by atoms with van der Waals surface area (Å²) in [5.74, 6) is 2.32. The minimum Gasteiger partial charge on any atom is -0.379 e. The maximum atomic E-state index is 5.54. The zero-order valence-electron chi connectivity index (χ0n) is 10.5. The van der Waals surface area contributed by atoms with Crippen LogP contribution >= 0.6 is 0 Å². The van der Waals surface area contributed by atoms with E-state index < -0.39 is 0 Å². The van der Waals surface area contributed by atoms with E-state index in [9.17, 15) is 0 Å². The van der Waals surface area contributed by atoms with Gasteiger partial charge in [0.05, 0.1) is 6.61 Å². The van der Waals surface area contributed by atoms with Crippen LogP contribution in [0.5, 0.6) is 0 Å². The summed E-state index contributed by atoms with van der Waals surface area (Å²) < 4.78 is 5.54. The highest BCUT2D eigenvalue weighted by atomic mass is 16.5. The summed E-state index contributed by atoms with van der Waals surface area (Å²) in [6.07, 6.45) is 2.67. The fraction of sp³-hybridized carbons (Fsp3) is 0.667. The molecule has 0 aromatic carbocycles. The number of hydrogen-bond acceptors (Lipinski definition) is 5. The zero-order chi connectivity index (χ0) is 12.1. The van der Waals surface area contributed by atoms with Crippen LogP contribution in [0.2, 0.25) is 0 Å². The molecule has 1 aromatic rings. The topological polar surface area (TPSA) is 59.1 Å². The Morgan fingerprint density at radius 2 is 2.24 bits per heavy atom. The number of rotatable bonds is 7. The second-order valence-electron chi connectivity index (χ2n) is 4.41. The number of ether oxygens (including phenoxy) is 1. The molecule has 1 fully saturated rings. The number of aryl methyl sites for hydroxylation is 1. The molecule has 1 saturated carbocycles. The molecular weight excluding hydrogens is 216 g/mol. The average molecular weight is 236 g/mol. The minimum atomic E-state index is 0.645. The largest absolute Gasteiger partial charge is 0.379 e. The van der Waals surface area contributed by atoms with Crippen LogP contribution in [0.3, 0.4) is 0 Å². The van der Waals surface area contributed by atoms with Crippen molar-refractivity contribution < 1.29 is 4.74 Å². The lowest BCUT2D eigenvalue weighted by molar-refractivity contribution is 0.134. The third-order valence-corrected chi connectivity index (χ3v) is 2.68. The Morgan fingerprint density at radius 3 is 2.94 bits per heavy atom. The van der Waals surface area contributed by atoms with Crippen LogP contribution in [-0.2, 0) is 4.74 Å². The van der Waals surface area contributed by atoms with Gasteiger partial charge in [0.15, 0.2) is 0 Å². The highest BCUT2D eigenvalue weighted by Gasteiger charge is 2.20. The molecule has 1 aromatic heterocycles. The molecule has 5 nitrogen and oxygen atoms in total. The van der Waals surface area contributed by atoms with Crippen LogP contribution < -0.4 is 10.6 Å². The van der Waals surface area contributed by atoms with Crippen LogP contribution in [0.25, 0.3) is 0 Å². The first-order chi connectivity index (χ1) is 8.28. The maximum absolute atomic E-state index is 5.54. The first kappa shape index (κ1) is 12.1. The van der Waals surface area contributed by atoms with Gasteiger partial charge in [0.1, 0.15) is 5.82 Å². The average Bonchev–Trinajstić information content (AvgIpc) is 3.12. The molecule has 17 heavy (non-hydrogen) atoms. The summed E-state index contributed by atoms with van der Waals surface area (Å²) in [5.41, 5.74) is 0.950. The zero-order valence-corrected chi connectivity index (χ0v) is 10.5. The molecule has 0 amide bonds. The van der Waals surface area contributed by atoms with Crippen molar-refractivity contribution in [2.75, 3.05) is 37.4 Å². The highest BCUT2D eigenvalue weighted by molar-refractivity contribution is 5.41. The molecule has 0 saturated heterocycles. The fourth-order valence-electron chi connectivity index (χ4n) is 1.56. The normalized spacial score (nSPS) is 14.7. The second kappa shape index (κ2) is 5.82. The summed E-state index contributed by atoms with van der Waals surface area (Å²) in [5, 5.41) is 6.18. The quantitative estimate of drug-likeness (QED) is 0.705. The highest BCUT2D eigenvalue weighted by Crippen LogP contribution is 2.28. The van der Waals surface area contributed by atoms with Crippen LogP contribution in [0, 0.1) is 12.8 Å². The van der Waals surface area contributed by atoms with Crippen molar-refractivity contribution in [1.29, 1.82) is 0 Å². The van der Waals surface area contributed by atoms with E-state index in [-0.39, 0.29) is 0 Å². The molecule has 2 rings (SSSR count). The van der Waals surface area contributed by atoms with E-state index >= 15 is 0 Å². The van der Waals surface area contributed by atoms with Crippen LogP contribution in [0.4, 0.5) is 11.8 Å². The Balaban J connectivity index is 1.71. The molecule has 0 bridgehead atoms. The third-order valence-electron chi connectivity index (χ3n) is 2.68. The Bertz CT molecular complexity index is 366. The van der Waals surface area contributed by atoms with Crippen LogP contribution in [0.1, 0.15) is 18.5 Å². The van der Waals surface area contributed by atoms with E-state index in [1.54, 1.807) is 0 Å². The van der Waals surface area contributed by atoms with Gasteiger partial charge in [0, 0.05) is 32.0 Å². The van der Waals surface area contributed by atoms with Gasteiger partial charge in [-0.25, -0.2) is 4.98 Å². The van der Waals surface area contributed by atoms with Crippen LogP contribution in [0.15, 0.2) is 6.07 Å². The predicted molar refractivity (Wildman–Crippen MR) is 68.3 cm³/mol. The van der Waals surface area contributed by atoms with Crippen LogP contribution in [-0.4, -0.2) is 36.8 Å². The van der Waals surface area contributed by atoms with Gasteiger partial charge in [-0.2, -0.15) is 4.98 Å². The summed E-state index contributed by atoms with van der Waals surface area (Å²) in [6, 6.07) is 1.93. The summed E-state index contributed by atoms with van der Waals surface area (Å²) in [6.45, 7) is 4.38. The van der Waals surface area contributed by atoms with Crippen molar-refractivity contribution in [3.05, 3.63) is 11.8 Å². The van der Waals surface area contributed by atoms with Gasteiger partial charge in [0.25, 0.3) is 0 Å². The van der Waals surface area contributed by atoms with E-state index in [0.29, 0.717) is 5.95 Å². The van der Waals surface area contributed by atoms with E-state index in [4.69, 9.17) is 4.74 Å². The van der Waals surface area contributed by atoms with Crippen molar-refractivity contribution in [2.24, 2.45) is 5.92 Å². The summed E-state index contributed by atoms with van der Waals surface area (Å²) in [4.78, 5) is 8.54. The summed E-state index contributed by atoms with van der Waals surface area (Å²) in [7, 11) is 1.82. The molecule has 94 valence electrons. The second-order valence-corrected chi connectivity index (χ2v) is 4.41. The molecule has 2 N–H and O–H groups in total. The van der Waals surface area contributed by atoms with Gasteiger partial charge in [-0.05, 0) is 25.7 Å². The number of nitrogens with zero attached hydrogens (tertiary/aromatic N) is 2. The lowest BCUT2D eigenvalue weighted by Crippen LogP contribution is -2.12. The Kier molecular flexibility index (Phi) is 4.14. The van der Waals surface area contributed by atoms with Gasteiger partial charge in [-0.3, -0.25) is 0 Å². The van der Waals surface area contributed by atoms with E-state index in [2.05, 4.69) is 20.6 Å². The lowest BCUT2D eigenvalue weighted by atomic mass is 10.4. The third kappa shape index (κ3) is 4.19. The molecule has 0 spiro atoms. The molecule has 1 aliphatic rings. The Morgan fingerprint density at radius 1 is 1.41 bits per heavy atom. The number of anilines is 2. The van der Waals surface area contributed by atoms with Gasteiger partial charge in [0.2, 0.25) is 5.95 Å². The summed E-state index contributed by atoms with van der Waals surface area (Å²) >= 11 is 0. The van der Waals surface area contributed by atoms with Gasteiger partial charge in [-0.1, -0.05) is 0 Å². The number of aromatic nitrogens is 2. The number of nitrogens with one attached hydrogen (secondary N) is 2. The SMILES string of the molecule is CNc1nc(C)cc(NCCOCC2CC2)n1. The van der Waals surface area contributed by atoms with Crippen molar-refractivity contribution in [1.82, 2.24) is 9.97 Å². The first-order valence-corrected chi connectivity index (χ1v) is 6.13. The molecular formula is C12H20N4O. The van der Waals surface area contributed by atoms with Gasteiger partial charge < -0.3 is 15.4 Å². The smallest absolute Gasteiger partial charge is 0.224 e. The van der Waals surface area contributed by atoms with E-state index in [1.165, 1.54) is 12.8 Å². The monoisotopic (exact) mass is 236 g/mol. The Hall–Kier alpha value is -1.36. The molecule has 5 heteroatoms. The van der Waals surface area contributed by atoms with E-state index in [0.717, 1.165) is 37.2 Å². The molecule has 0 unspecified atom stereocenters. The standard InChI is InChI=1S/C12H20N4O/c1-9-7-11(16-12(13-2)15-9)14-5-6-17-8-10-3-4-10/h7,10H,3-6,8H2,1-2H3,(H2,13,14,15,16). The first-order valence-electron chi connectivity index (χ1n) is 6.13. The Labute approximate surface area is 102 Å². The van der Waals surface area contributed by atoms with Crippen molar-refractivity contribution >= 4 is 11.8 Å². The molecule has 0 aliphatic heterocycles. The van der Waals surface area contributed by atoms with Crippen molar-refractivity contribution in [3.8, 4) is 0 Å². The van der Waals surface area contributed by atoms with Crippen molar-refractivity contribution in [3.63, 3.8) is 0 Å². The molecule has 1 aliphatic carbocycles. The minimum absolute atomic E-state index is 0.645. The molecule has 0 radical (unpaired) electrons. The van der Waals surface area contributed by atoms with Gasteiger partial charge in [-0.15, -0.1) is 0 Å². The lowest BCUT2D eigenvalue weighted by Gasteiger charge is -2.08. The van der Waals surface area contributed by atoms with Gasteiger partial charge >= 0.3 is 0 Å². The fourth-order valence-corrected chi connectivity index (χ4v) is 1.56. The maximum Gasteiger partial charge on any atom is 0.224 e. The molecule has 1 heterocycles.